The topological polar surface area (TPSA) is 74.3 Å². The molecule has 2 atom stereocenters. The third kappa shape index (κ3) is 6.24. The van der Waals surface area contributed by atoms with Gasteiger partial charge >= 0.3 is 33.6 Å². The van der Waals surface area contributed by atoms with Crippen molar-refractivity contribution < 1.29 is 65.3 Å². The molecule has 2 aromatic rings. The maximum absolute atomic E-state index is 12.4. The minimum atomic E-state index is -4.38. The Labute approximate surface area is 215 Å². The maximum atomic E-state index is 12.4. The quantitative estimate of drug-likeness (QED) is 0.291. The van der Waals surface area contributed by atoms with Gasteiger partial charge in [0.25, 0.3) is 0 Å². The Kier molecular flexibility index (Phi) is 7.94. The number of halogens is 7. The molecule has 36 heavy (non-hydrogen) atoms. The number of carbonyl (C=O) groups is 1. The summed E-state index contributed by atoms with van der Waals surface area (Å²) in [4.78, 5) is 11.8. The van der Waals surface area contributed by atoms with Gasteiger partial charge in [-0.05, 0) is 72.7 Å². The second kappa shape index (κ2) is 9.90. The summed E-state index contributed by atoms with van der Waals surface area (Å²) in [5.41, 5.74) is -2.69. The first-order valence-electron chi connectivity index (χ1n) is 10.8. The molecular weight excluding hydrogens is 625 g/mol. The normalized spacial score (nSPS) is 23.4. The largest absolute Gasteiger partial charge is 0.748 e. The van der Waals surface area contributed by atoms with Crippen LogP contribution in [0.15, 0.2) is 48.5 Å². The van der Waals surface area contributed by atoms with Crippen molar-refractivity contribution in [1.82, 2.24) is 0 Å². The van der Waals surface area contributed by atoms with Crippen LogP contribution >= 0.6 is 0 Å². The zero-order chi connectivity index (χ0) is 27.2. The molecule has 2 aliphatic carbocycles. The van der Waals surface area contributed by atoms with Crippen molar-refractivity contribution in [2.24, 2.45) is 16.7 Å². The van der Waals surface area contributed by atoms with Crippen molar-refractivity contribution >= 4 is 15.9 Å². The van der Waals surface area contributed by atoms with E-state index in [0.29, 0.717) is 20.0 Å². The molecular formula is C24H23F6IO4S. The molecule has 2 aromatic carbocycles. The minimum Gasteiger partial charge on any atom is -0.748 e. The fourth-order valence-corrected chi connectivity index (χ4v) is 8.38. The van der Waals surface area contributed by atoms with Crippen LogP contribution in [0.4, 0.5) is 26.3 Å². The molecule has 0 spiro atoms. The number of Topliss-reactive ketones (excluding diaryl/α,β-unsaturated/α-hetero) is 1. The van der Waals surface area contributed by atoms with Crippen molar-refractivity contribution in [3.8, 4) is 0 Å². The van der Waals surface area contributed by atoms with Crippen LogP contribution in [0.5, 0.6) is 0 Å². The molecule has 198 valence electrons. The van der Waals surface area contributed by atoms with Gasteiger partial charge in [0.05, 0.1) is 27.0 Å². The van der Waals surface area contributed by atoms with Gasteiger partial charge in [0.1, 0.15) is 5.78 Å². The number of rotatable bonds is 4. The second-order valence-corrected chi connectivity index (χ2v) is 13.9. The summed E-state index contributed by atoms with van der Waals surface area (Å²) >= 11 is -0.805. The van der Waals surface area contributed by atoms with Crippen LogP contribution in [0.2, 0.25) is 0 Å². The summed E-state index contributed by atoms with van der Waals surface area (Å²) in [6.45, 7) is 3.83. The van der Waals surface area contributed by atoms with Crippen molar-refractivity contribution in [3.05, 3.63) is 66.8 Å². The van der Waals surface area contributed by atoms with E-state index in [1.54, 1.807) is 0 Å². The predicted octanol–water partition coefficient (Wildman–Crippen LogP) is 2.78. The lowest BCUT2D eigenvalue weighted by atomic mass is 9.70. The summed E-state index contributed by atoms with van der Waals surface area (Å²) in [7, 11) is -4.33. The van der Waals surface area contributed by atoms with Crippen LogP contribution in [0.1, 0.15) is 44.2 Å². The van der Waals surface area contributed by atoms with E-state index in [2.05, 4.69) is 0 Å². The SMILES string of the molecule is CC1(C)C2CCC1(CS(=O)(=O)[O-])C(=O)C2.FC(F)(F)c1ccc([I+]c2ccc(C(F)(F)F)cc2)cc1. The Bertz CT molecular complexity index is 1150. The van der Waals surface area contributed by atoms with E-state index >= 15 is 0 Å². The number of hydrogen-bond acceptors (Lipinski definition) is 4. The van der Waals surface area contributed by atoms with Gasteiger partial charge in [0.2, 0.25) is 0 Å². The van der Waals surface area contributed by atoms with Crippen LogP contribution in [0.3, 0.4) is 0 Å². The molecule has 4 nitrogen and oxygen atoms in total. The fourth-order valence-electron chi connectivity index (χ4n) is 4.94. The van der Waals surface area contributed by atoms with Crippen LogP contribution in [0, 0.1) is 23.9 Å². The molecule has 0 aromatic heterocycles. The number of ketones is 1. The molecule has 2 aliphatic rings. The monoisotopic (exact) mass is 648 g/mol. The molecule has 0 heterocycles. The van der Waals surface area contributed by atoms with E-state index in [9.17, 15) is 44.1 Å². The van der Waals surface area contributed by atoms with Crippen molar-refractivity contribution in [1.29, 1.82) is 0 Å². The van der Waals surface area contributed by atoms with Gasteiger partial charge in [-0.2, -0.15) is 26.3 Å². The lowest BCUT2D eigenvalue weighted by molar-refractivity contribution is -0.597. The molecule has 2 unspecified atom stereocenters. The first-order chi connectivity index (χ1) is 16.3. The summed E-state index contributed by atoms with van der Waals surface area (Å²) in [6.07, 6.45) is -6.89. The van der Waals surface area contributed by atoms with E-state index in [-0.39, 0.29) is 17.1 Å². The highest BCUT2D eigenvalue weighted by atomic mass is 127. The smallest absolute Gasteiger partial charge is 0.416 e. The summed E-state index contributed by atoms with van der Waals surface area (Å²) in [5, 5.41) is 0. The summed E-state index contributed by atoms with van der Waals surface area (Å²) in [5.74, 6) is -0.280. The molecule has 2 bridgehead atoms. The Morgan fingerprint density at radius 3 is 1.58 bits per heavy atom. The van der Waals surface area contributed by atoms with E-state index in [1.165, 1.54) is 24.3 Å². The molecule has 4 rings (SSSR count). The zero-order valence-electron chi connectivity index (χ0n) is 19.2. The molecule has 0 aliphatic heterocycles. The molecule has 12 heteroatoms. The van der Waals surface area contributed by atoms with Crippen molar-refractivity contribution in [2.75, 3.05) is 5.75 Å². The van der Waals surface area contributed by atoms with E-state index in [0.717, 1.165) is 30.7 Å². The Morgan fingerprint density at radius 2 is 1.31 bits per heavy atom. The van der Waals surface area contributed by atoms with Crippen LogP contribution in [-0.4, -0.2) is 24.5 Å². The minimum absolute atomic E-state index is 0.0248. The van der Waals surface area contributed by atoms with Gasteiger partial charge in [-0.25, -0.2) is 8.42 Å². The zero-order valence-corrected chi connectivity index (χ0v) is 22.2. The molecule has 0 radical (unpaired) electrons. The van der Waals surface area contributed by atoms with Gasteiger partial charge in [-0.15, -0.1) is 0 Å². The van der Waals surface area contributed by atoms with Crippen molar-refractivity contribution in [3.63, 3.8) is 0 Å². The highest BCUT2D eigenvalue weighted by Gasteiger charge is 2.64. The standard InChI is InChI=1S/C14H8F6I.C10H16O4S/c15-13(16,17)9-1-5-11(6-2-9)21-12-7-3-10(4-8-12)14(18,19)20;1-9(2)7-3-4-10(9,8(11)5-7)6-15(12,13)14/h1-8H;7H,3-6H2,1-2H3,(H,12,13,14)/q+1;/p-1. The molecule has 2 fully saturated rings. The number of carbonyl (C=O) groups excluding carboxylic acids is 1. The van der Waals surface area contributed by atoms with Gasteiger partial charge in [-0.3, -0.25) is 4.79 Å². The summed E-state index contributed by atoms with van der Waals surface area (Å²) < 4.78 is 109. The number of benzene rings is 2. The molecule has 0 amide bonds. The van der Waals surface area contributed by atoms with Crippen LogP contribution in [0.25, 0.3) is 0 Å². The molecule has 2 saturated carbocycles. The van der Waals surface area contributed by atoms with Gasteiger partial charge in [0, 0.05) is 11.8 Å². The third-order valence-electron chi connectivity index (χ3n) is 7.12. The van der Waals surface area contributed by atoms with Crippen LogP contribution in [-0.2, 0) is 27.3 Å². The Morgan fingerprint density at radius 1 is 0.889 bits per heavy atom. The third-order valence-corrected chi connectivity index (χ3v) is 10.7. The predicted molar refractivity (Wildman–Crippen MR) is 113 cm³/mol. The van der Waals surface area contributed by atoms with Gasteiger partial charge in [-0.1, -0.05) is 13.8 Å². The van der Waals surface area contributed by atoms with E-state index in [4.69, 9.17) is 0 Å². The highest BCUT2D eigenvalue weighted by Crippen LogP contribution is 2.64. The number of fused-ring (bicyclic) bond motifs is 2. The maximum Gasteiger partial charge on any atom is 0.416 e. The lowest BCUT2D eigenvalue weighted by Gasteiger charge is -2.37. The van der Waals surface area contributed by atoms with Crippen molar-refractivity contribution in [2.45, 2.75) is 45.5 Å². The van der Waals surface area contributed by atoms with Gasteiger partial charge < -0.3 is 4.55 Å². The highest BCUT2D eigenvalue weighted by molar-refractivity contribution is 7.85. The second-order valence-electron chi connectivity index (χ2n) is 9.47. The van der Waals surface area contributed by atoms with E-state index in [1.807, 2.05) is 13.8 Å². The number of alkyl halides is 6. The number of hydrogen-bond donors (Lipinski definition) is 0. The molecule has 0 saturated heterocycles. The van der Waals surface area contributed by atoms with Gasteiger partial charge in [0.15, 0.2) is 7.14 Å². The average molecular weight is 648 g/mol. The Balaban J connectivity index is 0.000000212. The fraction of sp³-hybridized carbons (Fsp3) is 0.458. The Hall–Kier alpha value is -1.67. The van der Waals surface area contributed by atoms with Crippen LogP contribution < -0.4 is 21.2 Å². The first kappa shape index (κ1) is 28.9. The first-order valence-corrected chi connectivity index (χ1v) is 14.5. The summed E-state index contributed by atoms with van der Waals surface area (Å²) in [6, 6.07) is 9.42. The van der Waals surface area contributed by atoms with E-state index < -0.39 is 66.0 Å². The molecule has 0 N–H and O–H groups in total. The lowest BCUT2D eigenvalue weighted by Crippen LogP contribution is -3.61. The average Bonchev–Trinajstić information content (AvgIpc) is 3.07.